The van der Waals surface area contributed by atoms with E-state index in [1.165, 1.54) is 10.9 Å². The van der Waals surface area contributed by atoms with Gasteiger partial charge in [-0.2, -0.15) is 0 Å². The average Bonchev–Trinajstić information content (AvgIpc) is 2.78. The topological polar surface area (TPSA) is 64.4 Å². The van der Waals surface area contributed by atoms with Crippen LogP contribution in [0, 0.1) is 6.92 Å². The molecule has 1 fully saturated rings. The molecule has 0 aromatic heterocycles. The highest BCUT2D eigenvalue weighted by atomic mass is 35.5. The van der Waals surface area contributed by atoms with Crippen LogP contribution in [-0.4, -0.2) is 25.7 Å². The zero-order chi connectivity index (χ0) is 20.3. The number of nitrogens with two attached hydrogens (primary N) is 1. The van der Waals surface area contributed by atoms with E-state index in [9.17, 15) is 4.79 Å². The van der Waals surface area contributed by atoms with Crippen molar-refractivity contribution in [2.24, 2.45) is 5.73 Å². The minimum Gasteiger partial charge on any atom is -0.381 e. The van der Waals surface area contributed by atoms with Crippen LogP contribution < -0.4 is 11.1 Å². The Morgan fingerprint density at radius 3 is 2.37 bits per heavy atom. The Bertz CT molecular complexity index is 997. The molecule has 1 heterocycles. The first-order valence-corrected chi connectivity index (χ1v) is 10.3. The number of fused-ring (bicyclic) bond motifs is 1. The maximum Gasteiger partial charge on any atom is 0.231 e. The Morgan fingerprint density at radius 2 is 1.70 bits per heavy atom. The average molecular weight is 425 g/mol. The van der Waals surface area contributed by atoms with Crippen molar-refractivity contribution < 1.29 is 9.53 Å². The van der Waals surface area contributed by atoms with Gasteiger partial charge in [0.25, 0.3) is 0 Å². The molecule has 30 heavy (non-hydrogen) atoms. The second-order valence-corrected chi connectivity index (χ2v) is 7.93. The zero-order valence-electron chi connectivity index (χ0n) is 17.3. The van der Waals surface area contributed by atoms with Crippen LogP contribution in [0.3, 0.4) is 0 Å². The van der Waals surface area contributed by atoms with Crippen molar-refractivity contribution in [2.45, 2.75) is 31.2 Å². The highest BCUT2D eigenvalue weighted by molar-refractivity contribution is 5.89. The molecule has 0 spiro atoms. The second-order valence-electron chi connectivity index (χ2n) is 7.93. The molecule has 1 amide bonds. The van der Waals surface area contributed by atoms with E-state index in [0.29, 0.717) is 32.6 Å². The van der Waals surface area contributed by atoms with E-state index in [-0.39, 0.29) is 24.4 Å². The summed E-state index contributed by atoms with van der Waals surface area (Å²) in [5.41, 5.74) is 8.79. The fourth-order valence-corrected chi connectivity index (χ4v) is 4.24. The number of carbonyl (C=O) groups excluding carboxylic acids is 1. The van der Waals surface area contributed by atoms with Crippen molar-refractivity contribution in [3.8, 4) is 0 Å². The van der Waals surface area contributed by atoms with Crippen molar-refractivity contribution in [2.75, 3.05) is 19.8 Å². The maximum absolute atomic E-state index is 13.6. The lowest BCUT2D eigenvalue weighted by molar-refractivity contribution is -0.131. The van der Waals surface area contributed by atoms with Crippen LogP contribution in [0.2, 0.25) is 0 Å². The van der Waals surface area contributed by atoms with Gasteiger partial charge >= 0.3 is 0 Å². The molecule has 1 saturated heterocycles. The van der Waals surface area contributed by atoms with Gasteiger partial charge in [0.2, 0.25) is 5.91 Å². The smallest absolute Gasteiger partial charge is 0.231 e. The summed E-state index contributed by atoms with van der Waals surface area (Å²) in [6.45, 7) is 3.59. The summed E-state index contributed by atoms with van der Waals surface area (Å²) in [5, 5.41) is 5.58. The lowest BCUT2D eigenvalue weighted by Gasteiger charge is -2.37. The Morgan fingerprint density at radius 1 is 1.03 bits per heavy atom. The fraction of sp³-hybridized carbons (Fsp3) is 0.320. The third-order valence-electron chi connectivity index (χ3n) is 6.10. The number of ether oxygens (including phenoxy) is 1. The molecule has 0 radical (unpaired) electrons. The number of amides is 1. The summed E-state index contributed by atoms with van der Waals surface area (Å²) in [6, 6.07) is 22.6. The molecule has 1 atom stereocenters. The van der Waals surface area contributed by atoms with E-state index >= 15 is 0 Å². The van der Waals surface area contributed by atoms with Crippen LogP contribution >= 0.6 is 12.4 Å². The molecule has 1 unspecified atom stereocenters. The molecule has 3 N–H and O–H groups in total. The van der Waals surface area contributed by atoms with Gasteiger partial charge < -0.3 is 15.8 Å². The number of halogens is 1. The van der Waals surface area contributed by atoms with Crippen LogP contribution in [0.15, 0.2) is 66.7 Å². The standard InChI is InChI=1S/C25H28N2O2.ClH/c1-18-6-10-22(11-7-18)25(12-14-29-15-13-25)24(28)27-23(17-26)21-9-8-19-4-2-3-5-20(19)16-21;/h2-11,16,23H,12-15,17,26H2,1H3,(H,27,28);1H. The Hall–Kier alpha value is -2.40. The predicted molar refractivity (Wildman–Crippen MR) is 124 cm³/mol. The van der Waals surface area contributed by atoms with Gasteiger partial charge in [0.1, 0.15) is 0 Å². The van der Waals surface area contributed by atoms with Gasteiger partial charge in [-0.25, -0.2) is 0 Å². The minimum absolute atomic E-state index is 0. The summed E-state index contributed by atoms with van der Waals surface area (Å²) in [7, 11) is 0. The van der Waals surface area contributed by atoms with Crippen LogP contribution in [0.25, 0.3) is 10.8 Å². The number of hydrogen-bond donors (Lipinski definition) is 2. The fourth-order valence-electron chi connectivity index (χ4n) is 4.24. The van der Waals surface area contributed by atoms with E-state index in [4.69, 9.17) is 10.5 Å². The molecule has 1 aliphatic rings. The molecule has 0 aliphatic carbocycles. The number of nitrogens with one attached hydrogen (secondary N) is 1. The number of aryl methyl sites for hydroxylation is 1. The van der Waals surface area contributed by atoms with Crippen LogP contribution in [-0.2, 0) is 14.9 Å². The SMILES string of the molecule is Cc1ccc(C2(C(=O)NC(CN)c3ccc4ccccc4c3)CCOCC2)cc1.Cl. The monoisotopic (exact) mass is 424 g/mol. The maximum atomic E-state index is 13.6. The number of rotatable bonds is 5. The molecule has 3 aromatic carbocycles. The number of hydrogen-bond acceptors (Lipinski definition) is 3. The Balaban J connectivity index is 0.00000256. The summed E-state index contributed by atoms with van der Waals surface area (Å²) in [6.07, 6.45) is 1.35. The van der Waals surface area contributed by atoms with Gasteiger partial charge in [0.05, 0.1) is 11.5 Å². The summed E-state index contributed by atoms with van der Waals surface area (Å²) < 4.78 is 5.58. The normalized spacial score (nSPS) is 16.5. The summed E-state index contributed by atoms with van der Waals surface area (Å²) in [5.74, 6) is 0.0354. The number of carbonyl (C=O) groups is 1. The minimum atomic E-state index is -0.573. The van der Waals surface area contributed by atoms with E-state index in [0.717, 1.165) is 16.5 Å². The van der Waals surface area contributed by atoms with Crippen molar-refractivity contribution in [3.05, 3.63) is 83.4 Å². The molecule has 4 nitrogen and oxygen atoms in total. The molecule has 3 aromatic rings. The summed E-state index contributed by atoms with van der Waals surface area (Å²) in [4.78, 5) is 13.6. The largest absolute Gasteiger partial charge is 0.381 e. The highest BCUT2D eigenvalue weighted by Gasteiger charge is 2.42. The Kier molecular flexibility index (Phi) is 7.14. The quantitative estimate of drug-likeness (QED) is 0.636. The van der Waals surface area contributed by atoms with Crippen molar-refractivity contribution in [3.63, 3.8) is 0 Å². The van der Waals surface area contributed by atoms with E-state index in [1.807, 2.05) is 12.1 Å². The molecule has 1 aliphatic heterocycles. The van der Waals surface area contributed by atoms with Crippen molar-refractivity contribution in [1.29, 1.82) is 0 Å². The first-order chi connectivity index (χ1) is 14.1. The molecular formula is C25H29ClN2O2. The van der Waals surface area contributed by atoms with E-state index < -0.39 is 5.41 Å². The van der Waals surface area contributed by atoms with Gasteiger partial charge in [-0.3, -0.25) is 4.79 Å². The van der Waals surface area contributed by atoms with Crippen LogP contribution in [0.1, 0.15) is 35.6 Å². The van der Waals surface area contributed by atoms with Crippen LogP contribution in [0.4, 0.5) is 0 Å². The molecule has 0 saturated carbocycles. The van der Waals surface area contributed by atoms with E-state index in [1.54, 1.807) is 0 Å². The lowest BCUT2D eigenvalue weighted by Crippen LogP contribution is -2.50. The number of benzene rings is 3. The van der Waals surface area contributed by atoms with Crippen molar-refractivity contribution >= 4 is 29.1 Å². The Labute approximate surface area is 184 Å². The molecule has 4 rings (SSSR count). The highest BCUT2D eigenvalue weighted by Crippen LogP contribution is 2.36. The predicted octanol–water partition coefficient (Wildman–Crippen LogP) is 4.43. The van der Waals surface area contributed by atoms with Gasteiger partial charge in [-0.1, -0.05) is 66.2 Å². The third kappa shape index (κ3) is 4.36. The lowest BCUT2D eigenvalue weighted by atomic mass is 9.73. The molecule has 158 valence electrons. The van der Waals surface area contributed by atoms with E-state index in [2.05, 4.69) is 66.8 Å². The first kappa shape index (κ1) is 22.3. The van der Waals surface area contributed by atoms with Crippen LogP contribution in [0.5, 0.6) is 0 Å². The summed E-state index contributed by atoms with van der Waals surface area (Å²) >= 11 is 0. The third-order valence-corrected chi connectivity index (χ3v) is 6.10. The molecule has 0 bridgehead atoms. The van der Waals surface area contributed by atoms with Gasteiger partial charge in [0, 0.05) is 19.8 Å². The first-order valence-electron chi connectivity index (χ1n) is 10.3. The van der Waals surface area contributed by atoms with Gasteiger partial charge in [-0.05, 0) is 47.7 Å². The van der Waals surface area contributed by atoms with Crippen molar-refractivity contribution in [1.82, 2.24) is 5.32 Å². The van der Waals surface area contributed by atoms with Gasteiger partial charge in [0.15, 0.2) is 0 Å². The zero-order valence-corrected chi connectivity index (χ0v) is 18.1. The second kappa shape index (κ2) is 9.61. The molecular weight excluding hydrogens is 396 g/mol. The van der Waals surface area contributed by atoms with Gasteiger partial charge in [-0.15, -0.1) is 12.4 Å². The molecule has 5 heteroatoms.